The van der Waals surface area contributed by atoms with E-state index in [1.54, 1.807) is 6.26 Å². The lowest BCUT2D eigenvalue weighted by Gasteiger charge is -2.17. The van der Waals surface area contributed by atoms with Gasteiger partial charge in [0.15, 0.2) is 5.82 Å². The van der Waals surface area contributed by atoms with Gasteiger partial charge in [-0.2, -0.15) is 4.98 Å². The van der Waals surface area contributed by atoms with Crippen molar-refractivity contribution in [2.75, 3.05) is 0 Å². The molecular formula is C19H21N3O3. The molecule has 0 unspecified atom stereocenters. The van der Waals surface area contributed by atoms with Gasteiger partial charge >= 0.3 is 0 Å². The average molecular weight is 339 g/mol. The zero-order valence-corrected chi connectivity index (χ0v) is 14.1. The lowest BCUT2D eigenvalue weighted by Crippen LogP contribution is -2.28. The number of aryl methyl sites for hydroxylation is 2. The van der Waals surface area contributed by atoms with Crippen LogP contribution < -0.4 is 5.32 Å². The van der Waals surface area contributed by atoms with E-state index in [9.17, 15) is 4.79 Å². The van der Waals surface area contributed by atoms with Crippen molar-refractivity contribution in [2.45, 2.75) is 38.6 Å². The minimum absolute atomic E-state index is 0.0412. The summed E-state index contributed by atoms with van der Waals surface area (Å²) in [6.45, 7) is 1.97. The molecule has 0 saturated heterocycles. The van der Waals surface area contributed by atoms with Gasteiger partial charge in [-0.05, 0) is 24.1 Å². The molecule has 1 N–H and O–H groups in total. The number of amides is 1. The number of hydrogen-bond donors (Lipinski definition) is 1. The number of nitrogens with one attached hydrogen (secondary N) is 1. The van der Waals surface area contributed by atoms with Crippen molar-refractivity contribution in [3.63, 3.8) is 0 Å². The Balaban J connectivity index is 1.57. The van der Waals surface area contributed by atoms with Crippen molar-refractivity contribution in [2.24, 2.45) is 0 Å². The highest BCUT2D eigenvalue weighted by atomic mass is 16.5. The number of carbonyl (C=O) groups is 1. The monoisotopic (exact) mass is 339 g/mol. The summed E-state index contributed by atoms with van der Waals surface area (Å²) in [6.07, 6.45) is 3.98. The molecule has 6 heteroatoms. The predicted octanol–water partition coefficient (Wildman–Crippen LogP) is 3.45. The molecule has 130 valence electrons. The highest BCUT2D eigenvalue weighted by Crippen LogP contribution is 2.22. The first-order valence-electron chi connectivity index (χ1n) is 8.45. The van der Waals surface area contributed by atoms with Crippen LogP contribution in [0.1, 0.15) is 48.8 Å². The minimum Gasteiger partial charge on any atom is -0.467 e. The number of hydrogen-bond acceptors (Lipinski definition) is 5. The number of aromatic nitrogens is 2. The second kappa shape index (κ2) is 8.28. The Labute approximate surface area is 146 Å². The molecule has 1 atom stereocenters. The first-order valence-corrected chi connectivity index (χ1v) is 8.45. The van der Waals surface area contributed by atoms with Gasteiger partial charge in [0.05, 0.1) is 6.26 Å². The van der Waals surface area contributed by atoms with E-state index in [1.807, 2.05) is 49.4 Å². The molecule has 1 amide bonds. The SMILES string of the molecule is CCc1noc(CCCC(=O)N[C@H](c2ccccc2)c2ccco2)n1. The largest absolute Gasteiger partial charge is 0.467 e. The van der Waals surface area contributed by atoms with E-state index in [4.69, 9.17) is 8.94 Å². The van der Waals surface area contributed by atoms with Gasteiger partial charge in [0.1, 0.15) is 11.8 Å². The number of benzene rings is 1. The van der Waals surface area contributed by atoms with Crippen LogP contribution in [0.25, 0.3) is 0 Å². The maximum atomic E-state index is 12.4. The summed E-state index contributed by atoms with van der Waals surface area (Å²) in [5.74, 6) is 1.95. The van der Waals surface area contributed by atoms with Crippen molar-refractivity contribution in [1.29, 1.82) is 0 Å². The number of carbonyl (C=O) groups excluding carboxylic acids is 1. The van der Waals surface area contributed by atoms with Gasteiger partial charge in [-0.1, -0.05) is 42.4 Å². The Hall–Kier alpha value is -2.89. The second-order valence-electron chi connectivity index (χ2n) is 5.74. The van der Waals surface area contributed by atoms with Crippen LogP contribution in [0.5, 0.6) is 0 Å². The fraction of sp³-hybridized carbons (Fsp3) is 0.316. The molecule has 0 radical (unpaired) electrons. The molecule has 0 aliphatic rings. The van der Waals surface area contributed by atoms with Crippen LogP contribution in [0.4, 0.5) is 0 Å². The van der Waals surface area contributed by atoms with Crippen molar-refractivity contribution in [3.8, 4) is 0 Å². The summed E-state index contributed by atoms with van der Waals surface area (Å²) in [4.78, 5) is 16.6. The summed E-state index contributed by atoms with van der Waals surface area (Å²) < 4.78 is 10.6. The lowest BCUT2D eigenvalue weighted by atomic mass is 10.0. The van der Waals surface area contributed by atoms with Gasteiger partial charge in [-0.3, -0.25) is 4.79 Å². The number of rotatable bonds is 8. The first-order chi connectivity index (χ1) is 12.3. The standard InChI is InChI=1S/C19H21N3O3/c1-2-16-20-18(25-22-16)12-6-11-17(23)21-19(15-10-7-13-24-15)14-8-4-3-5-9-14/h3-5,7-10,13,19H,2,6,11-12H2,1H3,(H,21,23)/t19-/m1/s1. The van der Waals surface area contributed by atoms with Gasteiger partial charge < -0.3 is 14.3 Å². The molecule has 0 bridgehead atoms. The molecule has 0 aliphatic heterocycles. The zero-order valence-electron chi connectivity index (χ0n) is 14.1. The van der Waals surface area contributed by atoms with Crippen LogP contribution in [0.15, 0.2) is 57.7 Å². The first kappa shape index (κ1) is 17.0. The molecular weight excluding hydrogens is 318 g/mol. The molecule has 0 fully saturated rings. The van der Waals surface area contributed by atoms with E-state index >= 15 is 0 Å². The molecule has 0 saturated carbocycles. The average Bonchev–Trinajstić information content (AvgIpc) is 3.32. The van der Waals surface area contributed by atoms with Gasteiger partial charge in [-0.15, -0.1) is 0 Å². The molecule has 0 spiro atoms. The van der Waals surface area contributed by atoms with Gasteiger partial charge in [0, 0.05) is 19.3 Å². The quantitative estimate of drug-likeness (QED) is 0.680. The van der Waals surface area contributed by atoms with Crippen LogP contribution in [-0.4, -0.2) is 16.0 Å². The maximum absolute atomic E-state index is 12.4. The van der Waals surface area contributed by atoms with Gasteiger partial charge in [0.2, 0.25) is 11.8 Å². The van der Waals surface area contributed by atoms with E-state index in [1.165, 1.54) is 0 Å². The Kier molecular flexibility index (Phi) is 5.61. The van der Waals surface area contributed by atoms with Crippen LogP contribution in [0.3, 0.4) is 0 Å². The molecule has 3 rings (SSSR count). The third kappa shape index (κ3) is 4.56. The predicted molar refractivity (Wildman–Crippen MR) is 91.7 cm³/mol. The van der Waals surface area contributed by atoms with Crippen molar-refractivity contribution in [1.82, 2.24) is 15.5 Å². The summed E-state index contributed by atoms with van der Waals surface area (Å²) in [6, 6.07) is 13.2. The molecule has 2 heterocycles. The molecule has 3 aromatic rings. The number of furan rings is 1. The maximum Gasteiger partial charge on any atom is 0.226 e. The van der Waals surface area contributed by atoms with Crippen molar-refractivity contribution < 1.29 is 13.7 Å². The molecule has 2 aromatic heterocycles. The Morgan fingerprint density at radius 3 is 2.72 bits per heavy atom. The van der Waals surface area contributed by atoms with Crippen molar-refractivity contribution in [3.05, 3.63) is 71.8 Å². The Morgan fingerprint density at radius 1 is 1.20 bits per heavy atom. The Bertz CT molecular complexity index is 781. The van der Waals surface area contributed by atoms with Crippen LogP contribution >= 0.6 is 0 Å². The fourth-order valence-corrected chi connectivity index (χ4v) is 2.59. The van der Waals surface area contributed by atoms with E-state index in [0.717, 1.165) is 12.0 Å². The summed E-state index contributed by atoms with van der Waals surface area (Å²) in [7, 11) is 0. The highest BCUT2D eigenvalue weighted by Gasteiger charge is 2.19. The van der Waals surface area contributed by atoms with E-state index < -0.39 is 0 Å². The summed E-state index contributed by atoms with van der Waals surface area (Å²) >= 11 is 0. The van der Waals surface area contributed by atoms with E-state index in [2.05, 4.69) is 15.5 Å². The van der Waals surface area contributed by atoms with E-state index in [-0.39, 0.29) is 11.9 Å². The van der Waals surface area contributed by atoms with Crippen LogP contribution in [0.2, 0.25) is 0 Å². The summed E-state index contributed by atoms with van der Waals surface area (Å²) in [5.41, 5.74) is 0.982. The lowest BCUT2D eigenvalue weighted by molar-refractivity contribution is -0.121. The Morgan fingerprint density at radius 2 is 2.04 bits per heavy atom. The highest BCUT2D eigenvalue weighted by molar-refractivity contribution is 5.76. The number of nitrogens with zero attached hydrogens (tertiary/aromatic N) is 2. The third-order valence-corrected chi connectivity index (χ3v) is 3.89. The fourth-order valence-electron chi connectivity index (χ4n) is 2.59. The summed E-state index contributed by atoms with van der Waals surface area (Å²) in [5, 5.41) is 6.89. The topological polar surface area (TPSA) is 81.2 Å². The molecule has 0 aliphatic carbocycles. The van der Waals surface area contributed by atoms with Crippen LogP contribution in [0, 0.1) is 0 Å². The normalized spacial score (nSPS) is 12.0. The second-order valence-corrected chi connectivity index (χ2v) is 5.74. The minimum atomic E-state index is -0.293. The van der Waals surface area contributed by atoms with Gasteiger partial charge in [0.25, 0.3) is 0 Å². The molecule has 6 nitrogen and oxygen atoms in total. The molecule has 25 heavy (non-hydrogen) atoms. The van der Waals surface area contributed by atoms with Crippen LogP contribution in [-0.2, 0) is 17.6 Å². The molecule has 1 aromatic carbocycles. The third-order valence-electron chi connectivity index (χ3n) is 3.89. The zero-order chi connectivity index (χ0) is 17.5. The smallest absolute Gasteiger partial charge is 0.226 e. The van der Waals surface area contributed by atoms with Gasteiger partial charge in [-0.25, -0.2) is 0 Å². The van der Waals surface area contributed by atoms with E-state index in [0.29, 0.717) is 36.7 Å². The van der Waals surface area contributed by atoms with Crippen molar-refractivity contribution >= 4 is 5.91 Å².